The fourth-order valence-electron chi connectivity index (χ4n) is 7.19. The molecule has 3 N–H and O–H groups in total. The monoisotopic (exact) mass is 600 g/mol. The number of aromatic nitrogens is 1. The lowest BCUT2D eigenvalue weighted by Gasteiger charge is -2.32. The van der Waals surface area contributed by atoms with Crippen LogP contribution in [0.1, 0.15) is 49.2 Å². The number of ketones is 1. The van der Waals surface area contributed by atoms with Crippen molar-refractivity contribution in [1.82, 2.24) is 20.5 Å². The summed E-state index contributed by atoms with van der Waals surface area (Å²) in [6.45, 7) is 5.35. The van der Waals surface area contributed by atoms with Crippen molar-refractivity contribution in [3.63, 3.8) is 0 Å². The highest BCUT2D eigenvalue weighted by Crippen LogP contribution is 2.65. The van der Waals surface area contributed by atoms with Gasteiger partial charge in [0.25, 0.3) is 5.91 Å². The van der Waals surface area contributed by atoms with E-state index in [1.54, 1.807) is 18.1 Å². The Morgan fingerprint density at radius 1 is 1.11 bits per heavy atom. The number of amides is 3. The summed E-state index contributed by atoms with van der Waals surface area (Å²) >= 11 is 0. The minimum Gasteiger partial charge on any atom is -0.496 e. The zero-order valence-corrected chi connectivity index (χ0v) is 25.4. The number of methoxy groups -OCH3 is 1. The Morgan fingerprint density at radius 2 is 1.91 bits per heavy atom. The van der Waals surface area contributed by atoms with E-state index in [4.69, 9.17) is 9.47 Å². The number of nitrogens with zero attached hydrogens (tertiary/aromatic N) is 1. The lowest BCUT2D eigenvalue weighted by atomic mass is 9.89. The van der Waals surface area contributed by atoms with Crippen molar-refractivity contribution in [1.29, 1.82) is 0 Å². The molecule has 1 saturated carbocycles. The second kappa shape index (κ2) is 12.1. The first-order valence-electron chi connectivity index (χ1n) is 15.4. The molecule has 1 aliphatic carbocycles. The number of hydrogen-bond donors (Lipinski definition) is 3. The van der Waals surface area contributed by atoms with Gasteiger partial charge in [-0.15, -0.1) is 0 Å². The van der Waals surface area contributed by atoms with Crippen molar-refractivity contribution < 1.29 is 28.7 Å². The highest BCUT2D eigenvalue weighted by Gasteiger charge is 2.69. The minimum absolute atomic E-state index is 0.0339. The van der Waals surface area contributed by atoms with Crippen molar-refractivity contribution in [2.24, 2.45) is 23.2 Å². The van der Waals surface area contributed by atoms with Gasteiger partial charge in [0.2, 0.25) is 11.8 Å². The topological polar surface area (TPSA) is 130 Å². The van der Waals surface area contributed by atoms with E-state index in [1.165, 1.54) is 0 Å². The molecular weight excluding hydrogens is 560 g/mol. The zero-order chi connectivity index (χ0) is 31.0. The average molecular weight is 601 g/mol. The Morgan fingerprint density at radius 3 is 2.66 bits per heavy atom. The van der Waals surface area contributed by atoms with Gasteiger partial charge in [-0.25, -0.2) is 0 Å². The summed E-state index contributed by atoms with van der Waals surface area (Å²) in [5, 5.41) is 6.64. The van der Waals surface area contributed by atoms with Gasteiger partial charge >= 0.3 is 0 Å². The maximum Gasteiger partial charge on any atom is 0.271 e. The zero-order valence-electron chi connectivity index (χ0n) is 25.4. The second-order valence-electron chi connectivity index (χ2n) is 12.8. The molecule has 6 rings (SSSR count). The van der Waals surface area contributed by atoms with Crippen molar-refractivity contribution in [2.75, 3.05) is 26.8 Å². The molecule has 1 aromatic heterocycles. The number of carbonyl (C=O) groups is 4. The first-order valence-corrected chi connectivity index (χ1v) is 15.4. The van der Waals surface area contributed by atoms with E-state index < -0.39 is 12.1 Å². The van der Waals surface area contributed by atoms with Crippen LogP contribution in [0, 0.1) is 23.2 Å². The number of hydrogen-bond acceptors (Lipinski definition) is 6. The van der Waals surface area contributed by atoms with Gasteiger partial charge in [-0.1, -0.05) is 50.2 Å². The number of Topliss-reactive ketones (excluding diaryl/α,β-unsaturated/α-hetero) is 1. The largest absolute Gasteiger partial charge is 0.496 e. The van der Waals surface area contributed by atoms with Gasteiger partial charge in [-0.05, 0) is 60.3 Å². The molecule has 44 heavy (non-hydrogen) atoms. The van der Waals surface area contributed by atoms with E-state index in [9.17, 15) is 19.2 Å². The molecule has 3 aromatic rings. The van der Waals surface area contributed by atoms with E-state index >= 15 is 0 Å². The second-order valence-corrected chi connectivity index (χ2v) is 12.8. The van der Waals surface area contributed by atoms with E-state index in [-0.39, 0.29) is 66.3 Å². The number of H-pyrrole nitrogens is 1. The number of ether oxygens (including phenoxy) is 2. The van der Waals surface area contributed by atoms with E-state index in [2.05, 4.69) is 29.5 Å². The van der Waals surface area contributed by atoms with Crippen LogP contribution in [0.25, 0.3) is 10.9 Å². The van der Waals surface area contributed by atoms with Crippen molar-refractivity contribution in [3.05, 3.63) is 65.9 Å². The molecule has 232 valence electrons. The highest BCUT2D eigenvalue weighted by atomic mass is 16.5. The number of nitrogens with one attached hydrogen (secondary N) is 3. The summed E-state index contributed by atoms with van der Waals surface area (Å²) < 4.78 is 11.2. The third-order valence-electron chi connectivity index (χ3n) is 9.79. The molecule has 3 aliphatic rings. The number of aromatic amines is 1. The van der Waals surface area contributed by atoms with Gasteiger partial charge in [0.1, 0.15) is 24.1 Å². The summed E-state index contributed by atoms with van der Waals surface area (Å²) in [6, 6.07) is 15.2. The van der Waals surface area contributed by atoms with E-state index in [0.29, 0.717) is 31.0 Å². The molecule has 2 aromatic carbocycles. The van der Waals surface area contributed by atoms with Gasteiger partial charge in [-0.2, -0.15) is 0 Å². The van der Waals surface area contributed by atoms with Gasteiger partial charge in [0.05, 0.1) is 19.8 Å². The molecule has 2 saturated heterocycles. The molecule has 0 radical (unpaired) electrons. The molecule has 5 atom stereocenters. The van der Waals surface area contributed by atoms with Crippen molar-refractivity contribution in [2.45, 2.75) is 51.8 Å². The lowest BCUT2D eigenvalue weighted by molar-refractivity contribution is -0.134. The summed E-state index contributed by atoms with van der Waals surface area (Å²) in [5.41, 5.74) is 1.97. The fourth-order valence-corrected chi connectivity index (χ4v) is 7.19. The number of rotatable bonds is 11. The molecule has 3 fully saturated rings. The Labute approximate surface area is 256 Å². The predicted octanol–water partition coefficient (Wildman–Crippen LogP) is 3.46. The lowest BCUT2D eigenvalue weighted by Crippen LogP contribution is -2.55. The molecule has 10 nitrogen and oxygen atoms in total. The number of carbonyl (C=O) groups excluding carboxylic acids is 4. The number of piperidine rings is 2. The van der Waals surface area contributed by atoms with Crippen LogP contribution in [0.2, 0.25) is 0 Å². The molecule has 3 heterocycles. The smallest absolute Gasteiger partial charge is 0.271 e. The highest BCUT2D eigenvalue weighted by molar-refractivity contribution is 6.02. The normalized spacial score (nSPS) is 24.3. The molecular formula is C34H40N4O6. The number of benzene rings is 2. The van der Waals surface area contributed by atoms with Crippen molar-refractivity contribution >= 4 is 34.4 Å². The van der Waals surface area contributed by atoms with Gasteiger partial charge < -0.3 is 30.0 Å². The Hall–Kier alpha value is -4.18. The summed E-state index contributed by atoms with van der Waals surface area (Å²) in [7, 11) is 1.58. The molecule has 10 heteroatoms. The molecule has 2 aliphatic heterocycles. The number of likely N-dealkylation sites (tertiary alicyclic amines) is 1. The van der Waals surface area contributed by atoms with Crippen molar-refractivity contribution in [3.8, 4) is 5.75 Å². The van der Waals surface area contributed by atoms with Crippen LogP contribution >= 0.6 is 0 Å². The van der Waals surface area contributed by atoms with Crippen LogP contribution in [0.3, 0.4) is 0 Å². The standard InChI is InChI=1S/C34H40N4O6/c1-34(2)23-17-38(33(42)26-16-22-24(36-26)12-7-13-28(22)43-3)30(29(23)34)32(41)37-25(15-21-11-8-14-35-31(21)40)27(39)19-44-18-20-9-5-4-6-10-20/h4-7,9-10,12-13,16,21,23,25,29-30,36H,8,11,14-15,17-19H2,1-3H3,(H,35,40)(H,37,41)/t21-,23-,25-,29-,30-/m0/s1. The molecule has 3 amide bonds. The van der Waals surface area contributed by atoms with E-state index in [1.807, 2.05) is 48.5 Å². The van der Waals surface area contributed by atoms with Crippen LogP contribution in [-0.4, -0.2) is 72.3 Å². The maximum atomic E-state index is 14.1. The van der Waals surface area contributed by atoms with Crippen LogP contribution in [0.5, 0.6) is 5.75 Å². The van der Waals surface area contributed by atoms with Crippen LogP contribution < -0.4 is 15.4 Å². The SMILES string of the molecule is COc1cccc2[nH]c(C(=O)N3C[C@H]4[C@@H]([C@H]3C(=O)N[C@@H](C[C@@H]3CCCNC3=O)C(=O)COCc3ccccc3)C4(C)C)cc12. The predicted molar refractivity (Wildman–Crippen MR) is 164 cm³/mol. The fraction of sp³-hybridized carbons (Fsp3) is 0.471. The third-order valence-corrected chi connectivity index (χ3v) is 9.79. The van der Waals surface area contributed by atoms with E-state index in [0.717, 1.165) is 22.9 Å². The third kappa shape index (κ3) is 5.70. The summed E-state index contributed by atoms with van der Waals surface area (Å²) in [5.74, 6) is -0.640. The Kier molecular flexibility index (Phi) is 8.20. The Bertz CT molecular complexity index is 1570. The number of fused-ring (bicyclic) bond motifs is 2. The maximum absolute atomic E-state index is 14.1. The van der Waals surface area contributed by atoms with Crippen LogP contribution in [0.15, 0.2) is 54.6 Å². The average Bonchev–Trinajstić information content (AvgIpc) is 3.39. The van der Waals surface area contributed by atoms with Gasteiger partial charge in [-0.3, -0.25) is 19.2 Å². The van der Waals surface area contributed by atoms with Gasteiger partial charge in [0, 0.05) is 29.9 Å². The van der Waals surface area contributed by atoms with Crippen LogP contribution in [-0.2, 0) is 25.7 Å². The first-order chi connectivity index (χ1) is 21.2. The minimum atomic E-state index is -0.915. The molecule has 0 unspecified atom stereocenters. The van der Waals surface area contributed by atoms with Gasteiger partial charge in [0.15, 0.2) is 5.78 Å². The first kappa shape index (κ1) is 29.9. The molecule has 0 bridgehead atoms. The quantitative estimate of drug-likeness (QED) is 0.309. The van der Waals surface area contributed by atoms with Crippen LogP contribution in [0.4, 0.5) is 0 Å². The summed E-state index contributed by atoms with van der Waals surface area (Å²) in [6.07, 6.45) is 1.64. The summed E-state index contributed by atoms with van der Waals surface area (Å²) in [4.78, 5) is 59.0. The Balaban J connectivity index is 1.21. The molecule has 0 spiro atoms.